The molecule has 2 aliphatic rings. The lowest BCUT2D eigenvalue weighted by Crippen LogP contribution is -2.33. The van der Waals surface area contributed by atoms with E-state index in [1.165, 1.54) is 31.0 Å². The van der Waals surface area contributed by atoms with Crippen molar-refractivity contribution < 1.29 is 14.3 Å². The Morgan fingerprint density at radius 1 is 1.25 bits per heavy atom. The number of carbonyl (C=O) groups is 1. The predicted molar refractivity (Wildman–Crippen MR) is 97.6 cm³/mol. The summed E-state index contributed by atoms with van der Waals surface area (Å²) in [6.45, 7) is 4.47. The normalized spacial score (nSPS) is 19.6. The van der Waals surface area contributed by atoms with Crippen molar-refractivity contribution in [1.29, 1.82) is 0 Å². The highest BCUT2D eigenvalue weighted by Gasteiger charge is 2.26. The van der Waals surface area contributed by atoms with Gasteiger partial charge in [0.2, 0.25) is 0 Å². The Morgan fingerprint density at radius 2 is 2.04 bits per heavy atom. The molecule has 0 N–H and O–H groups in total. The summed E-state index contributed by atoms with van der Waals surface area (Å²) in [5.41, 5.74) is 0.908. The standard InChI is InChI=1S/C18H22N2O3S/c1-3-23-15-11-13(7-8-14(15)22-2)12-16-17(21)19-18(24-16)20-9-5-4-6-10-20/h7-8,11-12H,3-6,9-10H2,1-2H3/b16-12-. The summed E-state index contributed by atoms with van der Waals surface area (Å²) in [6, 6.07) is 5.66. The second-order valence-corrected chi connectivity index (χ2v) is 6.71. The Balaban J connectivity index is 1.77. The highest BCUT2D eigenvalue weighted by atomic mass is 32.2. The van der Waals surface area contributed by atoms with Crippen LogP contribution in [0.2, 0.25) is 0 Å². The lowest BCUT2D eigenvalue weighted by molar-refractivity contribution is -0.113. The molecular weight excluding hydrogens is 324 g/mol. The molecule has 0 bridgehead atoms. The highest BCUT2D eigenvalue weighted by molar-refractivity contribution is 8.18. The number of carbonyl (C=O) groups excluding carboxylic acids is 1. The van der Waals surface area contributed by atoms with Crippen LogP contribution in [-0.4, -0.2) is 42.8 Å². The molecule has 1 aromatic carbocycles. The van der Waals surface area contributed by atoms with Crippen molar-refractivity contribution in [2.45, 2.75) is 26.2 Å². The van der Waals surface area contributed by atoms with Crippen LogP contribution in [0.3, 0.4) is 0 Å². The van der Waals surface area contributed by atoms with Gasteiger partial charge < -0.3 is 14.4 Å². The molecule has 1 aromatic rings. The number of piperidine rings is 1. The van der Waals surface area contributed by atoms with Crippen molar-refractivity contribution in [2.24, 2.45) is 4.99 Å². The van der Waals surface area contributed by atoms with Crippen LogP contribution in [0.4, 0.5) is 0 Å². The van der Waals surface area contributed by atoms with E-state index >= 15 is 0 Å². The van der Waals surface area contributed by atoms with Gasteiger partial charge in [-0.25, -0.2) is 0 Å². The first-order valence-electron chi connectivity index (χ1n) is 8.29. The summed E-state index contributed by atoms with van der Waals surface area (Å²) in [5.74, 6) is 1.21. The van der Waals surface area contributed by atoms with Gasteiger partial charge >= 0.3 is 0 Å². The van der Waals surface area contributed by atoms with E-state index < -0.39 is 0 Å². The number of ether oxygens (including phenoxy) is 2. The zero-order valence-electron chi connectivity index (χ0n) is 14.1. The van der Waals surface area contributed by atoms with E-state index in [1.54, 1.807) is 7.11 Å². The van der Waals surface area contributed by atoms with Crippen molar-refractivity contribution in [3.05, 3.63) is 28.7 Å². The van der Waals surface area contributed by atoms with Gasteiger partial charge in [-0.1, -0.05) is 6.07 Å². The van der Waals surface area contributed by atoms with Gasteiger partial charge in [-0.15, -0.1) is 0 Å². The zero-order valence-corrected chi connectivity index (χ0v) is 14.9. The molecule has 0 aromatic heterocycles. The maximum absolute atomic E-state index is 12.2. The van der Waals surface area contributed by atoms with Gasteiger partial charge in [-0.05, 0) is 61.7 Å². The predicted octanol–water partition coefficient (Wildman–Crippen LogP) is 3.55. The quantitative estimate of drug-likeness (QED) is 0.781. The summed E-state index contributed by atoms with van der Waals surface area (Å²) < 4.78 is 10.9. The zero-order chi connectivity index (χ0) is 16.9. The molecule has 3 rings (SSSR count). The lowest BCUT2D eigenvalue weighted by Gasteiger charge is -2.27. The van der Waals surface area contributed by atoms with Crippen LogP contribution in [0.15, 0.2) is 28.1 Å². The Morgan fingerprint density at radius 3 is 2.75 bits per heavy atom. The minimum atomic E-state index is -0.158. The number of benzene rings is 1. The molecule has 0 spiro atoms. The van der Waals surface area contributed by atoms with Crippen LogP contribution < -0.4 is 9.47 Å². The van der Waals surface area contributed by atoms with Crippen molar-refractivity contribution in [3.63, 3.8) is 0 Å². The van der Waals surface area contributed by atoms with Crippen molar-refractivity contribution in [1.82, 2.24) is 4.90 Å². The molecule has 5 nitrogen and oxygen atoms in total. The molecule has 1 amide bonds. The molecule has 1 fully saturated rings. The van der Waals surface area contributed by atoms with Crippen LogP contribution in [-0.2, 0) is 4.79 Å². The Kier molecular flexibility index (Phi) is 5.45. The van der Waals surface area contributed by atoms with E-state index in [4.69, 9.17) is 9.47 Å². The molecule has 2 heterocycles. The average Bonchev–Trinajstić information content (AvgIpc) is 2.97. The Bertz CT molecular complexity index is 679. The Labute approximate surface area is 146 Å². The van der Waals surface area contributed by atoms with Crippen molar-refractivity contribution in [3.8, 4) is 11.5 Å². The number of rotatable bonds is 4. The fourth-order valence-electron chi connectivity index (χ4n) is 2.82. The molecule has 0 atom stereocenters. The van der Waals surface area contributed by atoms with Gasteiger partial charge in [0.05, 0.1) is 18.6 Å². The number of nitrogens with zero attached hydrogens (tertiary/aromatic N) is 2. The molecular formula is C18H22N2O3S. The van der Waals surface area contributed by atoms with E-state index in [0.29, 0.717) is 23.0 Å². The number of hydrogen-bond donors (Lipinski definition) is 0. The van der Waals surface area contributed by atoms with Crippen LogP contribution in [0.5, 0.6) is 11.5 Å². The summed E-state index contributed by atoms with van der Waals surface area (Å²) in [4.78, 5) is 19.3. The van der Waals surface area contributed by atoms with E-state index in [-0.39, 0.29) is 5.91 Å². The maximum Gasteiger partial charge on any atom is 0.286 e. The molecule has 2 aliphatic heterocycles. The fraction of sp³-hybridized carbons (Fsp3) is 0.444. The topological polar surface area (TPSA) is 51.1 Å². The SMILES string of the molecule is CCOc1cc(/C=C2\SC(N3CCCCC3)=NC2=O)ccc1OC. The summed E-state index contributed by atoms with van der Waals surface area (Å²) >= 11 is 1.46. The number of aliphatic imine (C=N–C) groups is 1. The lowest BCUT2D eigenvalue weighted by atomic mass is 10.1. The molecule has 0 saturated carbocycles. The van der Waals surface area contributed by atoms with E-state index in [2.05, 4.69) is 9.89 Å². The number of methoxy groups -OCH3 is 1. The first-order chi connectivity index (χ1) is 11.7. The number of amides is 1. The minimum absolute atomic E-state index is 0.158. The number of thioether (sulfide) groups is 1. The second-order valence-electron chi connectivity index (χ2n) is 5.70. The third-order valence-electron chi connectivity index (χ3n) is 4.02. The number of likely N-dealkylation sites (tertiary alicyclic amines) is 1. The van der Waals surface area contributed by atoms with E-state index in [9.17, 15) is 4.79 Å². The third-order valence-corrected chi connectivity index (χ3v) is 5.07. The molecule has 0 unspecified atom stereocenters. The fourth-order valence-corrected chi connectivity index (χ4v) is 3.79. The molecule has 0 radical (unpaired) electrons. The average molecular weight is 346 g/mol. The highest BCUT2D eigenvalue weighted by Crippen LogP contribution is 2.34. The summed E-state index contributed by atoms with van der Waals surface area (Å²) in [5, 5.41) is 0.837. The second kappa shape index (κ2) is 7.75. The monoisotopic (exact) mass is 346 g/mol. The van der Waals surface area contributed by atoms with Gasteiger partial charge in [0.25, 0.3) is 5.91 Å². The van der Waals surface area contributed by atoms with Crippen molar-refractivity contribution >= 4 is 28.9 Å². The molecule has 1 saturated heterocycles. The Hall–Kier alpha value is -1.95. The third kappa shape index (κ3) is 3.75. The summed E-state index contributed by atoms with van der Waals surface area (Å²) in [6.07, 6.45) is 5.47. The summed E-state index contributed by atoms with van der Waals surface area (Å²) in [7, 11) is 1.62. The van der Waals surface area contributed by atoms with Crippen LogP contribution in [0, 0.1) is 0 Å². The number of amidine groups is 1. The first-order valence-corrected chi connectivity index (χ1v) is 9.11. The van der Waals surface area contributed by atoms with Crippen LogP contribution in [0.25, 0.3) is 6.08 Å². The van der Waals surface area contributed by atoms with Gasteiger partial charge in [0.15, 0.2) is 16.7 Å². The molecule has 0 aliphatic carbocycles. The largest absolute Gasteiger partial charge is 0.493 e. The van der Waals surface area contributed by atoms with E-state index in [0.717, 1.165) is 23.8 Å². The number of hydrogen-bond acceptors (Lipinski definition) is 5. The van der Waals surface area contributed by atoms with E-state index in [1.807, 2.05) is 31.2 Å². The van der Waals surface area contributed by atoms with Crippen LogP contribution >= 0.6 is 11.8 Å². The maximum atomic E-state index is 12.2. The van der Waals surface area contributed by atoms with Gasteiger partial charge in [0, 0.05) is 13.1 Å². The first kappa shape index (κ1) is 16.9. The minimum Gasteiger partial charge on any atom is -0.493 e. The van der Waals surface area contributed by atoms with Gasteiger partial charge in [0.1, 0.15) is 0 Å². The van der Waals surface area contributed by atoms with Gasteiger partial charge in [-0.3, -0.25) is 4.79 Å². The molecule has 6 heteroatoms. The molecule has 128 valence electrons. The molecule has 24 heavy (non-hydrogen) atoms. The van der Waals surface area contributed by atoms with Gasteiger partial charge in [-0.2, -0.15) is 4.99 Å². The smallest absolute Gasteiger partial charge is 0.286 e. The van der Waals surface area contributed by atoms with Crippen LogP contribution in [0.1, 0.15) is 31.7 Å². The van der Waals surface area contributed by atoms with Crippen molar-refractivity contribution in [2.75, 3.05) is 26.8 Å².